The highest BCUT2D eigenvalue weighted by molar-refractivity contribution is 5.92. The molecule has 0 spiro atoms. The molecule has 2 aromatic heterocycles. The van der Waals surface area contributed by atoms with Crippen molar-refractivity contribution in [2.24, 2.45) is 0 Å². The molecule has 2 N–H and O–H groups in total. The Morgan fingerprint density at radius 3 is 2.94 bits per heavy atom. The van der Waals surface area contributed by atoms with Crippen molar-refractivity contribution in [1.29, 1.82) is 0 Å². The molecule has 0 aliphatic heterocycles. The van der Waals surface area contributed by atoms with Crippen molar-refractivity contribution in [1.82, 2.24) is 15.5 Å². The summed E-state index contributed by atoms with van der Waals surface area (Å²) in [6.45, 7) is 1.87. The minimum absolute atomic E-state index is 0.0858. The van der Waals surface area contributed by atoms with Gasteiger partial charge in [0.1, 0.15) is 11.5 Å². The van der Waals surface area contributed by atoms with Gasteiger partial charge in [0.2, 0.25) is 0 Å². The van der Waals surface area contributed by atoms with E-state index in [1.807, 2.05) is 13.0 Å². The van der Waals surface area contributed by atoms with E-state index < -0.39 is 0 Å². The highest BCUT2D eigenvalue weighted by Crippen LogP contribution is 2.04. The lowest BCUT2D eigenvalue weighted by atomic mass is 10.2. The van der Waals surface area contributed by atoms with Crippen LogP contribution in [-0.4, -0.2) is 22.1 Å². The van der Waals surface area contributed by atoms with Gasteiger partial charge in [-0.15, -0.1) is 0 Å². The van der Waals surface area contributed by atoms with Crippen LogP contribution in [0.5, 0.6) is 0 Å². The first kappa shape index (κ1) is 12.1. The molecular weight excluding hydrogens is 234 g/mol. The Kier molecular flexibility index (Phi) is 3.57. The van der Waals surface area contributed by atoms with Crippen LogP contribution in [0, 0.1) is 0 Å². The summed E-state index contributed by atoms with van der Waals surface area (Å²) in [5, 5.41) is 8.64. The van der Waals surface area contributed by atoms with E-state index in [1.54, 1.807) is 12.3 Å². The Morgan fingerprint density at radius 2 is 2.33 bits per heavy atom. The van der Waals surface area contributed by atoms with E-state index in [4.69, 9.17) is 4.42 Å². The first-order chi connectivity index (χ1) is 8.65. The molecule has 0 fully saturated rings. The van der Waals surface area contributed by atoms with Crippen molar-refractivity contribution in [2.75, 3.05) is 0 Å². The van der Waals surface area contributed by atoms with Crippen LogP contribution in [-0.2, 0) is 6.42 Å². The Labute approximate surface area is 103 Å². The summed E-state index contributed by atoms with van der Waals surface area (Å²) < 4.78 is 5.19. The summed E-state index contributed by atoms with van der Waals surface area (Å²) >= 11 is 0. The van der Waals surface area contributed by atoms with Crippen molar-refractivity contribution in [3.05, 3.63) is 52.3 Å². The standard InChI is InChI=1S/C12H13N3O3/c1-8(7-9-3-2-6-18-9)13-12(17)10-4-5-11(16)15-14-10/h2-6,8H,7H2,1H3,(H,13,17)(H,15,16)/t8-/m0/s1. The van der Waals surface area contributed by atoms with Gasteiger partial charge in [0, 0.05) is 18.5 Å². The second-order valence-electron chi connectivity index (χ2n) is 3.96. The minimum Gasteiger partial charge on any atom is -0.469 e. The fraction of sp³-hybridized carbons (Fsp3) is 0.250. The molecule has 6 heteroatoms. The van der Waals surface area contributed by atoms with Crippen molar-refractivity contribution in [2.45, 2.75) is 19.4 Å². The smallest absolute Gasteiger partial charge is 0.271 e. The molecule has 0 aliphatic carbocycles. The van der Waals surface area contributed by atoms with Gasteiger partial charge >= 0.3 is 0 Å². The van der Waals surface area contributed by atoms with Gasteiger partial charge in [-0.25, -0.2) is 5.10 Å². The number of nitrogens with zero attached hydrogens (tertiary/aromatic N) is 1. The molecule has 0 saturated carbocycles. The summed E-state index contributed by atoms with van der Waals surface area (Å²) in [5.74, 6) is 0.475. The maximum atomic E-state index is 11.8. The van der Waals surface area contributed by atoms with Gasteiger partial charge < -0.3 is 9.73 Å². The molecule has 2 rings (SSSR count). The summed E-state index contributed by atoms with van der Waals surface area (Å²) in [5.41, 5.74) is -0.156. The zero-order valence-corrected chi connectivity index (χ0v) is 9.84. The quantitative estimate of drug-likeness (QED) is 0.833. The van der Waals surface area contributed by atoms with Gasteiger partial charge in [-0.1, -0.05) is 0 Å². The third-order valence-corrected chi connectivity index (χ3v) is 2.38. The van der Waals surface area contributed by atoms with E-state index in [0.717, 1.165) is 5.76 Å². The first-order valence-corrected chi connectivity index (χ1v) is 5.54. The molecule has 1 amide bonds. The van der Waals surface area contributed by atoms with Crippen LogP contribution in [0.25, 0.3) is 0 Å². The lowest BCUT2D eigenvalue weighted by Crippen LogP contribution is -2.35. The molecule has 6 nitrogen and oxygen atoms in total. The van der Waals surface area contributed by atoms with E-state index in [-0.39, 0.29) is 23.2 Å². The zero-order valence-electron chi connectivity index (χ0n) is 9.84. The van der Waals surface area contributed by atoms with Gasteiger partial charge in [0.15, 0.2) is 0 Å². The zero-order chi connectivity index (χ0) is 13.0. The number of nitrogens with one attached hydrogen (secondary N) is 2. The number of rotatable bonds is 4. The Morgan fingerprint density at radius 1 is 1.50 bits per heavy atom. The lowest BCUT2D eigenvalue weighted by Gasteiger charge is -2.11. The van der Waals surface area contributed by atoms with Gasteiger partial charge in [-0.3, -0.25) is 9.59 Å². The van der Waals surface area contributed by atoms with Crippen molar-refractivity contribution < 1.29 is 9.21 Å². The molecule has 0 unspecified atom stereocenters. The van der Waals surface area contributed by atoms with Crippen LogP contribution in [0.1, 0.15) is 23.2 Å². The summed E-state index contributed by atoms with van der Waals surface area (Å²) in [7, 11) is 0. The Bertz CT molecular complexity index is 554. The van der Waals surface area contributed by atoms with Gasteiger partial charge in [-0.2, -0.15) is 5.10 Å². The monoisotopic (exact) mass is 247 g/mol. The number of carbonyl (C=O) groups is 1. The van der Waals surface area contributed by atoms with E-state index in [1.165, 1.54) is 12.1 Å². The average Bonchev–Trinajstić information content (AvgIpc) is 2.82. The van der Waals surface area contributed by atoms with Crippen LogP contribution >= 0.6 is 0 Å². The number of hydrogen-bond donors (Lipinski definition) is 2. The number of H-pyrrole nitrogens is 1. The van der Waals surface area contributed by atoms with Gasteiger partial charge in [0.05, 0.1) is 6.26 Å². The minimum atomic E-state index is -0.338. The molecule has 0 saturated heterocycles. The van der Waals surface area contributed by atoms with E-state index >= 15 is 0 Å². The molecule has 18 heavy (non-hydrogen) atoms. The van der Waals surface area contributed by atoms with Crippen molar-refractivity contribution in [3.63, 3.8) is 0 Å². The normalized spacial score (nSPS) is 12.1. The number of aromatic amines is 1. The fourth-order valence-corrected chi connectivity index (χ4v) is 1.55. The largest absolute Gasteiger partial charge is 0.469 e. The van der Waals surface area contributed by atoms with Crippen LogP contribution < -0.4 is 10.9 Å². The molecule has 0 radical (unpaired) electrons. The van der Waals surface area contributed by atoms with Crippen LogP contribution in [0.15, 0.2) is 39.7 Å². The average molecular weight is 247 g/mol. The lowest BCUT2D eigenvalue weighted by molar-refractivity contribution is 0.0933. The van der Waals surface area contributed by atoms with E-state index in [2.05, 4.69) is 15.5 Å². The molecule has 2 heterocycles. The Balaban J connectivity index is 1.94. The summed E-state index contributed by atoms with van der Waals surface area (Å²) in [4.78, 5) is 22.6. The van der Waals surface area contributed by atoms with Crippen LogP contribution in [0.3, 0.4) is 0 Å². The summed E-state index contributed by atoms with van der Waals surface area (Å²) in [6, 6.07) is 6.21. The molecule has 0 aliphatic rings. The molecule has 2 aromatic rings. The second-order valence-corrected chi connectivity index (χ2v) is 3.96. The van der Waals surface area contributed by atoms with Crippen LogP contribution in [0.4, 0.5) is 0 Å². The third kappa shape index (κ3) is 3.07. The third-order valence-electron chi connectivity index (χ3n) is 2.38. The van der Waals surface area contributed by atoms with Gasteiger partial charge in [-0.05, 0) is 25.1 Å². The molecule has 0 aromatic carbocycles. The van der Waals surface area contributed by atoms with E-state index in [0.29, 0.717) is 6.42 Å². The molecule has 94 valence electrons. The fourth-order valence-electron chi connectivity index (χ4n) is 1.55. The molecular formula is C12H13N3O3. The SMILES string of the molecule is C[C@@H](Cc1ccco1)NC(=O)c1ccc(=O)[nH]n1. The maximum absolute atomic E-state index is 11.8. The number of furan rings is 1. The predicted octanol–water partition coefficient (Wildman–Crippen LogP) is 0.724. The number of aromatic nitrogens is 2. The molecule has 1 atom stereocenters. The van der Waals surface area contributed by atoms with E-state index in [9.17, 15) is 9.59 Å². The first-order valence-electron chi connectivity index (χ1n) is 5.54. The van der Waals surface area contributed by atoms with Gasteiger partial charge in [0.25, 0.3) is 11.5 Å². The van der Waals surface area contributed by atoms with Crippen molar-refractivity contribution >= 4 is 5.91 Å². The highest BCUT2D eigenvalue weighted by atomic mass is 16.3. The Hall–Kier alpha value is -2.37. The summed E-state index contributed by atoms with van der Waals surface area (Å²) in [6.07, 6.45) is 2.19. The predicted molar refractivity (Wildman–Crippen MR) is 64.2 cm³/mol. The van der Waals surface area contributed by atoms with Crippen molar-refractivity contribution in [3.8, 4) is 0 Å². The number of hydrogen-bond acceptors (Lipinski definition) is 4. The number of carbonyl (C=O) groups excluding carboxylic acids is 1. The molecule has 0 bridgehead atoms. The number of amides is 1. The maximum Gasteiger partial charge on any atom is 0.271 e. The van der Waals surface area contributed by atoms with Crippen LogP contribution in [0.2, 0.25) is 0 Å². The topological polar surface area (TPSA) is 88.0 Å². The second kappa shape index (κ2) is 5.31. The highest BCUT2D eigenvalue weighted by Gasteiger charge is 2.12.